The highest BCUT2D eigenvalue weighted by atomic mass is 16.4. The fraction of sp³-hybridized carbons (Fsp3) is 0.100. The van der Waals surface area contributed by atoms with E-state index in [2.05, 4.69) is 20.1 Å². The number of aromatic amines is 1. The number of pyridine rings is 1. The molecule has 7 heteroatoms. The van der Waals surface area contributed by atoms with Crippen LogP contribution in [0.4, 0.5) is 17.1 Å². The van der Waals surface area contributed by atoms with Crippen LogP contribution in [0.5, 0.6) is 5.75 Å². The van der Waals surface area contributed by atoms with Gasteiger partial charge in [-0.05, 0) is 24.3 Å². The Bertz CT molecular complexity index is 895. The van der Waals surface area contributed by atoms with Crippen molar-refractivity contribution in [1.29, 1.82) is 0 Å². The van der Waals surface area contributed by atoms with Crippen LogP contribution in [0.15, 0.2) is 83.3 Å². The van der Waals surface area contributed by atoms with Crippen LogP contribution in [0.2, 0.25) is 0 Å². The molecule has 0 unspecified atom stereocenters. The second-order valence-electron chi connectivity index (χ2n) is 5.67. The summed E-state index contributed by atoms with van der Waals surface area (Å²) in [6, 6.07) is 16.2. The Morgan fingerprint density at radius 2 is 1.59 bits per heavy atom. The van der Waals surface area contributed by atoms with E-state index in [9.17, 15) is 9.90 Å². The van der Waals surface area contributed by atoms with Crippen LogP contribution in [0.1, 0.15) is 10.4 Å². The molecule has 3 aromatic rings. The van der Waals surface area contributed by atoms with E-state index < -0.39 is 5.97 Å². The third kappa shape index (κ3) is 6.24. The van der Waals surface area contributed by atoms with Gasteiger partial charge in [-0.15, -0.1) is 10.9 Å². The second kappa shape index (κ2) is 9.67. The highest BCUT2D eigenvalue weighted by Crippen LogP contribution is 2.22. The SMILES string of the molecule is CN(C)c1cc[nH+]cc1.O=C(O)c1ccccc1N=Nc1ccc([O-])cc1. The number of anilines is 1. The van der Waals surface area contributed by atoms with Gasteiger partial charge in [-0.3, -0.25) is 0 Å². The van der Waals surface area contributed by atoms with E-state index in [1.54, 1.807) is 18.2 Å². The number of benzene rings is 2. The number of carboxylic acid groups (broad SMARTS) is 1. The molecule has 0 fully saturated rings. The zero-order valence-electron chi connectivity index (χ0n) is 15.0. The lowest BCUT2D eigenvalue weighted by atomic mass is 10.2. The largest absolute Gasteiger partial charge is 0.872 e. The first-order valence-electron chi connectivity index (χ1n) is 8.12. The first-order valence-corrected chi connectivity index (χ1v) is 8.12. The van der Waals surface area contributed by atoms with Crippen molar-refractivity contribution in [2.24, 2.45) is 10.2 Å². The topological polar surface area (TPSA) is 102 Å². The molecule has 0 bridgehead atoms. The normalized spacial score (nSPS) is 10.1. The summed E-state index contributed by atoms with van der Waals surface area (Å²) in [7, 11) is 4.05. The van der Waals surface area contributed by atoms with Crippen molar-refractivity contribution in [1.82, 2.24) is 0 Å². The van der Waals surface area contributed by atoms with Crippen molar-refractivity contribution in [2.45, 2.75) is 0 Å². The van der Waals surface area contributed by atoms with Gasteiger partial charge < -0.3 is 15.1 Å². The zero-order valence-corrected chi connectivity index (χ0v) is 15.0. The maximum Gasteiger partial charge on any atom is 0.337 e. The maximum atomic E-state index is 10.9. The molecule has 0 saturated carbocycles. The van der Waals surface area contributed by atoms with Crippen LogP contribution in [-0.4, -0.2) is 25.2 Å². The predicted molar refractivity (Wildman–Crippen MR) is 101 cm³/mol. The van der Waals surface area contributed by atoms with E-state index in [4.69, 9.17) is 5.11 Å². The van der Waals surface area contributed by atoms with Crippen LogP contribution in [0, 0.1) is 0 Å². The summed E-state index contributed by atoms with van der Waals surface area (Å²) in [5.41, 5.74) is 2.07. The standard InChI is InChI=1S/C13H10N2O3.C7H10N2/c16-10-7-5-9(6-8-10)14-15-12-4-2-1-3-11(12)13(17)18;1-9(2)7-3-5-8-6-4-7/h1-8,16H,(H,17,18);3-6H,1-2H3. The van der Waals surface area contributed by atoms with E-state index in [0.29, 0.717) is 5.69 Å². The summed E-state index contributed by atoms with van der Waals surface area (Å²) in [5.74, 6) is -1.17. The Labute approximate surface area is 157 Å². The highest BCUT2D eigenvalue weighted by Gasteiger charge is 2.07. The van der Waals surface area contributed by atoms with Crippen LogP contribution in [0.25, 0.3) is 0 Å². The fourth-order valence-electron chi connectivity index (χ4n) is 2.04. The minimum Gasteiger partial charge on any atom is -0.872 e. The monoisotopic (exact) mass is 364 g/mol. The summed E-state index contributed by atoms with van der Waals surface area (Å²) in [6.07, 6.45) is 3.82. The van der Waals surface area contributed by atoms with E-state index >= 15 is 0 Å². The van der Waals surface area contributed by atoms with Gasteiger partial charge in [-0.2, -0.15) is 5.11 Å². The van der Waals surface area contributed by atoms with Crippen molar-refractivity contribution in [3.8, 4) is 5.75 Å². The number of hydrogen-bond acceptors (Lipinski definition) is 5. The number of nitrogens with zero attached hydrogens (tertiary/aromatic N) is 3. The summed E-state index contributed by atoms with van der Waals surface area (Å²) < 4.78 is 0. The number of hydrogen-bond donors (Lipinski definition) is 1. The van der Waals surface area contributed by atoms with E-state index in [1.165, 1.54) is 36.0 Å². The first kappa shape index (κ1) is 19.6. The van der Waals surface area contributed by atoms with Gasteiger partial charge in [0.1, 0.15) is 5.69 Å². The Morgan fingerprint density at radius 3 is 2.15 bits per heavy atom. The fourth-order valence-corrected chi connectivity index (χ4v) is 2.04. The van der Waals surface area contributed by atoms with Crippen LogP contribution in [0.3, 0.4) is 0 Å². The van der Waals surface area contributed by atoms with Crippen molar-refractivity contribution in [2.75, 3.05) is 19.0 Å². The molecule has 0 radical (unpaired) electrons. The Morgan fingerprint density at radius 1 is 0.963 bits per heavy atom. The molecule has 0 aliphatic carbocycles. The molecule has 138 valence electrons. The lowest BCUT2D eigenvalue weighted by Crippen LogP contribution is -2.10. The number of nitrogens with one attached hydrogen (secondary N) is 1. The smallest absolute Gasteiger partial charge is 0.337 e. The molecular formula is C20H20N4O3. The van der Waals surface area contributed by atoms with E-state index in [0.717, 1.165) is 0 Å². The molecule has 1 aromatic heterocycles. The van der Waals surface area contributed by atoms with Crippen molar-refractivity contribution >= 4 is 23.0 Å². The Kier molecular flexibility index (Phi) is 7.01. The minimum atomic E-state index is -1.06. The first-order chi connectivity index (χ1) is 13.0. The van der Waals surface area contributed by atoms with Gasteiger partial charge in [-0.1, -0.05) is 24.3 Å². The van der Waals surface area contributed by atoms with Gasteiger partial charge >= 0.3 is 5.97 Å². The molecule has 0 amide bonds. The molecule has 7 nitrogen and oxygen atoms in total. The van der Waals surface area contributed by atoms with Gasteiger partial charge in [0.15, 0.2) is 12.4 Å². The number of carbonyl (C=O) groups is 1. The molecule has 0 saturated heterocycles. The van der Waals surface area contributed by atoms with Gasteiger partial charge in [0.2, 0.25) is 0 Å². The number of aromatic carboxylic acids is 1. The average Bonchev–Trinajstić information content (AvgIpc) is 2.69. The number of rotatable bonds is 4. The molecule has 1 heterocycles. The Balaban J connectivity index is 0.000000244. The number of carboxylic acids is 1. The van der Waals surface area contributed by atoms with Crippen molar-refractivity contribution in [3.63, 3.8) is 0 Å². The molecule has 2 aromatic carbocycles. The molecule has 0 aliphatic rings. The van der Waals surface area contributed by atoms with E-state index in [-0.39, 0.29) is 17.0 Å². The maximum absolute atomic E-state index is 10.9. The van der Waals surface area contributed by atoms with Gasteiger partial charge in [0.25, 0.3) is 0 Å². The van der Waals surface area contributed by atoms with Crippen LogP contribution >= 0.6 is 0 Å². The molecule has 0 aliphatic heterocycles. The zero-order chi connectivity index (χ0) is 19.6. The quantitative estimate of drug-likeness (QED) is 0.716. The average molecular weight is 364 g/mol. The van der Waals surface area contributed by atoms with Crippen LogP contribution in [-0.2, 0) is 0 Å². The molecule has 0 atom stereocenters. The summed E-state index contributed by atoms with van der Waals surface area (Å²) in [6.45, 7) is 0. The number of azo groups is 1. The molecule has 0 spiro atoms. The minimum absolute atomic E-state index is 0.0849. The third-order valence-corrected chi connectivity index (χ3v) is 3.46. The molecular weight excluding hydrogens is 344 g/mol. The molecule has 27 heavy (non-hydrogen) atoms. The van der Waals surface area contributed by atoms with Gasteiger partial charge in [0.05, 0.1) is 11.3 Å². The lowest BCUT2D eigenvalue weighted by Gasteiger charge is -2.08. The van der Waals surface area contributed by atoms with Crippen molar-refractivity contribution < 1.29 is 20.0 Å². The second-order valence-corrected chi connectivity index (χ2v) is 5.67. The summed E-state index contributed by atoms with van der Waals surface area (Å²) >= 11 is 0. The van der Waals surface area contributed by atoms with E-state index in [1.807, 2.05) is 38.6 Å². The van der Waals surface area contributed by atoms with Crippen LogP contribution < -0.4 is 15.0 Å². The van der Waals surface area contributed by atoms with Crippen molar-refractivity contribution in [3.05, 3.63) is 78.6 Å². The predicted octanol–water partition coefficient (Wildman–Crippen LogP) is 3.44. The number of H-pyrrole nitrogens is 1. The highest BCUT2D eigenvalue weighted by molar-refractivity contribution is 5.93. The summed E-state index contributed by atoms with van der Waals surface area (Å²) in [5, 5.41) is 27.6. The molecule has 2 N–H and O–H groups in total. The number of aromatic nitrogens is 1. The summed E-state index contributed by atoms with van der Waals surface area (Å²) in [4.78, 5) is 16.0. The Hall–Kier alpha value is -3.74. The third-order valence-electron chi connectivity index (χ3n) is 3.46. The molecule has 3 rings (SSSR count). The van der Waals surface area contributed by atoms with Gasteiger partial charge in [-0.25, -0.2) is 9.78 Å². The lowest BCUT2D eigenvalue weighted by molar-refractivity contribution is -0.377. The van der Waals surface area contributed by atoms with Gasteiger partial charge in [0, 0.05) is 31.9 Å².